The maximum absolute atomic E-state index is 12.5. The maximum atomic E-state index is 12.5. The molecule has 4 rings (SSSR count). The van der Waals surface area contributed by atoms with E-state index in [4.69, 9.17) is 4.74 Å². The van der Waals surface area contributed by atoms with E-state index in [1.165, 1.54) is 0 Å². The van der Waals surface area contributed by atoms with E-state index in [0.29, 0.717) is 5.56 Å². The second kappa shape index (κ2) is 8.44. The van der Waals surface area contributed by atoms with Crippen molar-refractivity contribution in [2.45, 2.75) is 6.92 Å². The predicted octanol–water partition coefficient (Wildman–Crippen LogP) is 6.71. The SMILES string of the molecule is Cc1ccc(-c2ccc(Oc3ccccc3)cc2)cc1NC(=O)c1ccccc1. The standard InChI is InChI=1S/C26H21NO2/c1-19-12-13-22(18-25(19)27-26(28)21-8-4-2-5-9-21)20-14-16-24(17-15-20)29-23-10-6-3-7-11-23/h2-18H,1H3,(H,27,28). The number of para-hydroxylation sites is 1. The molecule has 1 N–H and O–H groups in total. The lowest BCUT2D eigenvalue weighted by atomic mass is 10.0. The van der Waals surface area contributed by atoms with Gasteiger partial charge in [0.2, 0.25) is 0 Å². The van der Waals surface area contributed by atoms with Gasteiger partial charge in [0.25, 0.3) is 5.91 Å². The second-order valence-corrected chi connectivity index (χ2v) is 6.79. The maximum Gasteiger partial charge on any atom is 0.255 e. The van der Waals surface area contributed by atoms with Crippen LogP contribution in [-0.2, 0) is 0 Å². The zero-order chi connectivity index (χ0) is 20.1. The van der Waals surface area contributed by atoms with E-state index in [2.05, 4.69) is 11.4 Å². The largest absolute Gasteiger partial charge is 0.457 e. The number of carbonyl (C=O) groups is 1. The normalized spacial score (nSPS) is 10.4. The number of amides is 1. The van der Waals surface area contributed by atoms with E-state index in [1.54, 1.807) is 12.1 Å². The summed E-state index contributed by atoms with van der Waals surface area (Å²) in [5.41, 5.74) is 4.55. The Labute approximate surface area is 170 Å². The number of hydrogen-bond acceptors (Lipinski definition) is 2. The van der Waals surface area contributed by atoms with Gasteiger partial charge in [0, 0.05) is 11.3 Å². The average Bonchev–Trinajstić information content (AvgIpc) is 2.77. The van der Waals surface area contributed by atoms with Crippen LogP contribution in [0.4, 0.5) is 5.69 Å². The summed E-state index contributed by atoms with van der Waals surface area (Å²) in [6, 6.07) is 32.9. The molecule has 0 aromatic heterocycles. The summed E-state index contributed by atoms with van der Waals surface area (Å²) in [5, 5.41) is 3.02. The predicted molar refractivity (Wildman–Crippen MR) is 118 cm³/mol. The smallest absolute Gasteiger partial charge is 0.255 e. The van der Waals surface area contributed by atoms with Crippen LogP contribution in [0.25, 0.3) is 11.1 Å². The third kappa shape index (κ3) is 4.53. The van der Waals surface area contributed by atoms with Crippen LogP contribution in [0.3, 0.4) is 0 Å². The highest BCUT2D eigenvalue weighted by molar-refractivity contribution is 6.04. The number of nitrogens with one attached hydrogen (secondary N) is 1. The van der Waals surface area contributed by atoms with E-state index in [0.717, 1.165) is 33.9 Å². The van der Waals surface area contributed by atoms with Gasteiger partial charge in [-0.3, -0.25) is 4.79 Å². The molecule has 0 aliphatic rings. The number of rotatable bonds is 5. The van der Waals surface area contributed by atoms with Gasteiger partial charge in [0.05, 0.1) is 0 Å². The van der Waals surface area contributed by atoms with Crippen molar-refractivity contribution in [3.05, 3.63) is 114 Å². The number of hydrogen-bond donors (Lipinski definition) is 1. The monoisotopic (exact) mass is 379 g/mol. The Balaban J connectivity index is 1.53. The summed E-state index contributed by atoms with van der Waals surface area (Å²) in [7, 11) is 0. The molecule has 0 bridgehead atoms. The number of anilines is 1. The molecule has 0 spiro atoms. The zero-order valence-electron chi connectivity index (χ0n) is 16.1. The molecule has 0 unspecified atom stereocenters. The molecule has 4 aromatic carbocycles. The first-order valence-corrected chi connectivity index (χ1v) is 9.49. The van der Waals surface area contributed by atoms with Crippen molar-refractivity contribution in [1.82, 2.24) is 0 Å². The van der Waals surface area contributed by atoms with E-state index >= 15 is 0 Å². The summed E-state index contributed by atoms with van der Waals surface area (Å²) in [4.78, 5) is 12.5. The molecule has 29 heavy (non-hydrogen) atoms. The van der Waals surface area contributed by atoms with Crippen LogP contribution < -0.4 is 10.1 Å². The van der Waals surface area contributed by atoms with Gasteiger partial charge in [0.15, 0.2) is 0 Å². The molecule has 3 nitrogen and oxygen atoms in total. The third-order valence-corrected chi connectivity index (χ3v) is 4.69. The molecule has 142 valence electrons. The van der Waals surface area contributed by atoms with Crippen molar-refractivity contribution in [1.29, 1.82) is 0 Å². The Morgan fingerprint density at radius 3 is 1.97 bits per heavy atom. The van der Waals surface area contributed by atoms with Crippen LogP contribution in [0.5, 0.6) is 11.5 Å². The van der Waals surface area contributed by atoms with Crippen molar-refractivity contribution in [2.24, 2.45) is 0 Å². The quantitative estimate of drug-likeness (QED) is 0.419. The highest BCUT2D eigenvalue weighted by atomic mass is 16.5. The molecule has 0 saturated heterocycles. The minimum Gasteiger partial charge on any atom is -0.457 e. The third-order valence-electron chi connectivity index (χ3n) is 4.69. The van der Waals surface area contributed by atoms with Crippen LogP contribution in [0.1, 0.15) is 15.9 Å². The fraction of sp³-hybridized carbons (Fsp3) is 0.0385. The van der Waals surface area contributed by atoms with Crippen molar-refractivity contribution >= 4 is 11.6 Å². The van der Waals surface area contributed by atoms with E-state index in [-0.39, 0.29) is 5.91 Å². The van der Waals surface area contributed by atoms with Gasteiger partial charge in [-0.25, -0.2) is 0 Å². The molecule has 0 saturated carbocycles. The van der Waals surface area contributed by atoms with Gasteiger partial charge in [-0.15, -0.1) is 0 Å². The Morgan fingerprint density at radius 2 is 1.28 bits per heavy atom. The van der Waals surface area contributed by atoms with E-state index in [1.807, 2.05) is 91.9 Å². The molecular weight excluding hydrogens is 358 g/mol. The Bertz CT molecular complexity index is 1100. The number of aryl methyl sites for hydroxylation is 1. The fourth-order valence-corrected chi connectivity index (χ4v) is 3.06. The summed E-state index contributed by atoms with van der Waals surface area (Å²) < 4.78 is 5.86. The van der Waals surface area contributed by atoms with Gasteiger partial charge >= 0.3 is 0 Å². The Kier molecular flexibility index (Phi) is 5.39. The first-order valence-electron chi connectivity index (χ1n) is 9.49. The molecule has 0 fully saturated rings. The summed E-state index contributed by atoms with van der Waals surface area (Å²) in [5.74, 6) is 1.48. The van der Waals surface area contributed by atoms with Gasteiger partial charge in [-0.05, 0) is 66.1 Å². The molecular formula is C26H21NO2. The summed E-state index contributed by atoms with van der Waals surface area (Å²) in [6.45, 7) is 1.99. The van der Waals surface area contributed by atoms with E-state index < -0.39 is 0 Å². The van der Waals surface area contributed by atoms with Crippen LogP contribution in [0.15, 0.2) is 103 Å². The lowest BCUT2D eigenvalue weighted by Crippen LogP contribution is -2.12. The van der Waals surface area contributed by atoms with Crippen molar-refractivity contribution in [2.75, 3.05) is 5.32 Å². The molecule has 0 atom stereocenters. The first-order chi connectivity index (χ1) is 14.2. The first kappa shape index (κ1) is 18.5. The molecule has 1 amide bonds. The number of carbonyl (C=O) groups excluding carboxylic acids is 1. The molecule has 3 heteroatoms. The van der Waals surface area contributed by atoms with Crippen molar-refractivity contribution in [3.63, 3.8) is 0 Å². The van der Waals surface area contributed by atoms with E-state index in [9.17, 15) is 4.79 Å². The van der Waals surface area contributed by atoms with Crippen LogP contribution in [0.2, 0.25) is 0 Å². The molecule has 0 aliphatic carbocycles. The van der Waals surface area contributed by atoms with Gasteiger partial charge in [0.1, 0.15) is 11.5 Å². The highest BCUT2D eigenvalue weighted by Crippen LogP contribution is 2.29. The van der Waals surface area contributed by atoms with Crippen molar-refractivity contribution in [3.8, 4) is 22.6 Å². The molecule has 4 aromatic rings. The molecule has 0 aliphatic heterocycles. The number of benzene rings is 4. The minimum atomic E-state index is -0.113. The van der Waals surface area contributed by atoms with Gasteiger partial charge in [-0.2, -0.15) is 0 Å². The van der Waals surface area contributed by atoms with Gasteiger partial charge in [-0.1, -0.05) is 60.7 Å². The second-order valence-electron chi connectivity index (χ2n) is 6.79. The number of ether oxygens (including phenoxy) is 1. The van der Waals surface area contributed by atoms with Crippen LogP contribution in [-0.4, -0.2) is 5.91 Å². The lowest BCUT2D eigenvalue weighted by molar-refractivity contribution is 0.102. The molecule has 0 heterocycles. The zero-order valence-corrected chi connectivity index (χ0v) is 16.1. The van der Waals surface area contributed by atoms with Gasteiger partial charge < -0.3 is 10.1 Å². The van der Waals surface area contributed by atoms with Crippen molar-refractivity contribution < 1.29 is 9.53 Å². The fourth-order valence-electron chi connectivity index (χ4n) is 3.06. The Morgan fingerprint density at radius 1 is 0.690 bits per heavy atom. The van der Waals surface area contributed by atoms with Crippen LogP contribution in [0, 0.1) is 6.92 Å². The average molecular weight is 379 g/mol. The highest BCUT2D eigenvalue weighted by Gasteiger charge is 2.09. The summed E-state index contributed by atoms with van der Waals surface area (Å²) >= 11 is 0. The summed E-state index contributed by atoms with van der Waals surface area (Å²) in [6.07, 6.45) is 0. The minimum absolute atomic E-state index is 0.113. The lowest BCUT2D eigenvalue weighted by Gasteiger charge is -2.12. The Hall–Kier alpha value is -3.85. The molecule has 0 radical (unpaired) electrons. The topological polar surface area (TPSA) is 38.3 Å². The van der Waals surface area contributed by atoms with Crippen LogP contribution >= 0.6 is 0 Å².